The van der Waals surface area contributed by atoms with Crippen molar-refractivity contribution in [2.75, 3.05) is 0 Å². The summed E-state index contributed by atoms with van der Waals surface area (Å²) in [4.78, 5) is 0. The molecule has 0 bridgehead atoms. The summed E-state index contributed by atoms with van der Waals surface area (Å²) in [5.41, 5.74) is 0. The van der Waals surface area contributed by atoms with Crippen LogP contribution in [0, 0.1) is 7.43 Å². The van der Waals surface area contributed by atoms with E-state index in [0.717, 1.165) is 0 Å². The molecule has 116 valence electrons. The second-order valence-electron chi connectivity index (χ2n) is 4.31. The molecule has 0 unspecified atom stereocenters. The van der Waals surface area contributed by atoms with Gasteiger partial charge in [-0.2, -0.15) is 35.0 Å². The molecule has 0 aliphatic rings. The molecule has 0 heterocycles. The van der Waals surface area contributed by atoms with Gasteiger partial charge in [-0.15, -0.1) is 72.5 Å². The van der Waals surface area contributed by atoms with Gasteiger partial charge in [-0.1, -0.05) is 12.1 Å². The van der Waals surface area contributed by atoms with Gasteiger partial charge in [-0.3, -0.25) is 0 Å². The maximum atomic E-state index is 3.00. The molecule has 0 N–H and O–H groups in total. The Bertz CT molecular complexity index is 641. The summed E-state index contributed by atoms with van der Waals surface area (Å²) in [5.74, 6) is 0. The van der Waals surface area contributed by atoms with Gasteiger partial charge in [0.25, 0.3) is 0 Å². The first-order valence-electron chi connectivity index (χ1n) is 6.64. The third-order valence-corrected chi connectivity index (χ3v) is 3.10. The minimum atomic E-state index is 0. The van der Waals surface area contributed by atoms with Crippen molar-refractivity contribution in [1.29, 1.82) is 0 Å². The van der Waals surface area contributed by atoms with E-state index >= 15 is 0 Å². The van der Waals surface area contributed by atoms with Gasteiger partial charge in [-0.25, -0.2) is 0 Å². The molecule has 4 aromatic carbocycles. The van der Waals surface area contributed by atoms with Crippen molar-refractivity contribution < 1.29 is 34.1 Å². The van der Waals surface area contributed by atoms with E-state index in [4.69, 9.17) is 0 Å². The fourth-order valence-electron chi connectivity index (χ4n) is 2.14. The predicted octanol–water partition coefficient (Wildman–Crippen LogP) is 3.37. The van der Waals surface area contributed by atoms with Gasteiger partial charge in [0.1, 0.15) is 0 Å². The molecule has 0 fully saturated rings. The van der Waals surface area contributed by atoms with Crippen molar-refractivity contribution in [2.24, 2.45) is 0 Å². The monoisotopic (exact) mass is 356 g/mol. The van der Waals surface area contributed by atoms with Crippen LogP contribution in [0.25, 0.3) is 21.5 Å². The number of fused-ring (bicyclic) bond motifs is 2. The summed E-state index contributed by atoms with van der Waals surface area (Å²) in [6, 6.07) is 29.3. The van der Waals surface area contributed by atoms with Crippen LogP contribution in [0.15, 0.2) is 98.1 Å². The summed E-state index contributed by atoms with van der Waals surface area (Å²) in [6.45, 7) is 6.00. The molecule has 4 rings (SSSR count). The average Bonchev–Trinajstić information content (AvgIpc) is 3.18. The first-order chi connectivity index (χ1) is 9.93. The van der Waals surface area contributed by atoms with Gasteiger partial charge in [-0.05, 0) is 0 Å². The molecule has 0 aliphatic heterocycles. The Labute approximate surface area is 160 Å². The normalized spacial score (nSPS) is 8.17. The van der Waals surface area contributed by atoms with Crippen LogP contribution >= 0.6 is 0 Å². The number of halogens is 1. The van der Waals surface area contributed by atoms with E-state index in [0.29, 0.717) is 0 Å². The molecule has 0 nitrogen and oxygen atoms in total. The molecule has 23 heavy (non-hydrogen) atoms. The molecular formula is C21H21ClTi. The van der Waals surface area contributed by atoms with Crippen molar-refractivity contribution in [3.63, 3.8) is 0 Å². The zero-order valence-electron chi connectivity index (χ0n) is 13.4. The zero-order chi connectivity index (χ0) is 14.2. The first kappa shape index (κ1) is 23.7. The Hall–Kier alpha value is -1.60. The predicted molar refractivity (Wildman–Crippen MR) is 96.8 cm³/mol. The van der Waals surface area contributed by atoms with Crippen LogP contribution in [-0.4, -0.2) is 0 Å². The van der Waals surface area contributed by atoms with Crippen molar-refractivity contribution in [3.8, 4) is 0 Å². The van der Waals surface area contributed by atoms with E-state index < -0.39 is 0 Å². The molecule has 0 saturated carbocycles. The van der Waals surface area contributed by atoms with Crippen molar-refractivity contribution in [2.45, 2.75) is 0 Å². The molecular weight excluding hydrogens is 336 g/mol. The van der Waals surface area contributed by atoms with Crippen molar-refractivity contribution in [1.82, 2.24) is 0 Å². The van der Waals surface area contributed by atoms with E-state index in [-0.39, 0.29) is 41.6 Å². The smallest absolute Gasteiger partial charge is 1.00 e. The third kappa shape index (κ3) is 6.58. The quantitative estimate of drug-likeness (QED) is 0.257. The van der Waals surface area contributed by atoms with Gasteiger partial charge in [0, 0.05) is 0 Å². The van der Waals surface area contributed by atoms with Gasteiger partial charge >= 0.3 is 21.7 Å². The van der Waals surface area contributed by atoms with E-state index in [1.807, 2.05) is 0 Å². The van der Waals surface area contributed by atoms with Gasteiger partial charge in [0.15, 0.2) is 0 Å². The fourth-order valence-corrected chi connectivity index (χ4v) is 2.14. The summed E-state index contributed by atoms with van der Waals surface area (Å²) in [5, 5.41) is 5.32. The summed E-state index contributed by atoms with van der Waals surface area (Å²) in [7, 11) is 0. The molecule has 0 radical (unpaired) electrons. The van der Waals surface area contributed by atoms with E-state index in [2.05, 4.69) is 98.1 Å². The molecule has 0 spiro atoms. The van der Waals surface area contributed by atoms with Crippen LogP contribution < -0.4 is 12.4 Å². The Kier molecular flexibility index (Phi) is 13.3. The van der Waals surface area contributed by atoms with E-state index in [9.17, 15) is 0 Å². The molecule has 0 saturated heterocycles. The minimum absolute atomic E-state index is 0. The fraction of sp³-hybridized carbons (Fsp3) is 0. The number of benzene rings is 2. The second-order valence-corrected chi connectivity index (χ2v) is 4.31. The van der Waals surface area contributed by atoms with Crippen molar-refractivity contribution in [3.05, 3.63) is 106 Å². The summed E-state index contributed by atoms with van der Waals surface area (Å²) >= 11 is 0. The minimum Gasteiger partial charge on any atom is -1.00 e. The van der Waals surface area contributed by atoms with Gasteiger partial charge in [0.2, 0.25) is 0 Å². The molecule has 0 aromatic heterocycles. The molecule has 0 amide bonds. The molecule has 4 aromatic rings. The Balaban J connectivity index is 0. The summed E-state index contributed by atoms with van der Waals surface area (Å²) in [6.07, 6.45) is 0. The maximum absolute atomic E-state index is 3.00. The first-order valence-corrected chi connectivity index (χ1v) is 6.64. The average molecular weight is 357 g/mol. The van der Waals surface area contributed by atoms with Crippen LogP contribution in [0.4, 0.5) is 0 Å². The van der Waals surface area contributed by atoms with Crippen LogP contribution in [-0.2, 0) is 21.7 Å². The SMILES string of the molecule is C=C.[CH3-].[Cl-].[Ti+4].c1ccc2[cH-]ccc2c1.c1ccc2[cH-]ccc2c1. The number of rotatable bonds is 0. The maximum Gasteiger partial charge on any atom is 4.00 e. The van der Waals surface area contributed by atoms with Crippen LogP contribution in [0.3, 0.4) is 0 Å². The standard InChI is InChI=1S/2C9H7.C2H4.CH3.ClH.Ti/c2*1-2-5-9-7-3-6-8(9)4-1;1-2;;;/h2*1-7H;1-2H2;1H3;1H;/q2*-1;;-1;;+4/p-1. The zero-order valence-corrected chi connectivity index (χ0v) is 15.7. The van der Waals surface area contributed by atoms with Gasteiger partial charge in [0.05, 0.1) is 0 Å². The number of hydrogen-bond acceptors (Lipinski definition) is 0. The largest absolute Gasteiger partial charge is 4.00 e. The summed E-state index contributed by atoms with van der Waals surface area (Å²) < 4.78 is 0. The molecule has 2 heteroatoms. The van der Waals surface area contributed by atoms with Crippen LogP contribution in [0.1, 0.15) is 0 Å². The molecule has 0 atom stereocenters. The third-order valence-electron chi connectivity index (χ3n) is 3.10. The Morgan fingerprint density at radius 1 is 0.609 bits per heavy atom. The van der Waals surface area contributed by atoms with Gasteiger partial charge < -0.3 is 19.8 Å². The Morgan fingerprint density at radius 2 is 0.957 bits per heavy atom. The van der Waals surface area contributed by atoms with E-state index in [1.165, 1.54) is 21.5 Å². The van der Waals surface area contributed by atoms with Crippen molar-refractivity contribution >= 4 is 21.5 Å². The van der Waals surface area contributed by atoms with E-state index in [1.54, 1.807) is 0 Å². The van der Waals surface area contributed by atoms with Crippen LogP contribution in [0.5, 0.6) is 0 Å². The Morgan fingerprint density at radius 3 is 1.30 bits per heavy atom. The second kappa shape index (κ2) is 12.9. The topological polar surface area (TPSA) is 0 Å². The number of hydrogen-bond donors (Lipinski definition) is 0. The molecule has 0 aliphatic carbocycles. The van der Waals surface area contributed by atoms with Crippen LogP contribution in [0.2, 0.25) is 0 Å².